The van der Waals surface area contributed by atoms with E-state index in [1.54, 1.807) is 0 Å². The summed E-state index contributed by atoms with van der Waals surface area (Å²) in [6.45, 7) is 3.59. The van der Waals surface area contributed by atoms with Gasteiger partial charge in [0.1, 0.15) is 0 Å². The molecule has 0 aromatic rings. The first-order valence-corrected chi connectivity index (χ1v) is 6.84. The van der Waals surface area contributed by atoms with Gasteiger partial charge in [-0.2, -0.15) is 0 Å². The topological polar surface area (TPSA) is 69.4 Å². The molecule has 0 bridgehead atoms. The molecule has 1 fully saturated rings. The lowest BCUT2D eigenvalue weighted by Crippen LogP contribution is -2.26. The van der Waals surface area contributed by atoms with Crippen molar-refractivity contribution in [2.24, 2.45) is 17.6 Å². The van der Waals surface area contributed by atoms with Crippen molar-refractivity contribution in [2.45, 2.75) is 13.3 Å². The van der Waals surface area contributed by atoms with E-state index in [9.17, 15) is 8.42 Å². The third kappa shape index (κ3) is 3.94. The average molecular weight is 221 g/mol. The largest absolute Gasteiger partial charge is 0.381 e. The van der Waals surface area contributed by atoms with E-state index in [0.717, 1.165) is 6.42 Å². The van der Waals surface area contributed by atoms with E-state index < -0.39 is 9.84 Å². The fraction of sp³-hybridized carbons (Fsp3) is 1.00. The molecule has 0 aromatic heterocycles. The van der Waals surface area contributed by atoms with Gasteiger partial charge in [-0.1, -0.05) is 6.92 Å². The molecule has 0 radical (unpaired) electrons. The Bertz CT molecular complexity index is 257. The summed E-state index contributed by atoms with van der Waals surface area (Å²) in [5, 5.41) is 0. The van der Waals surface area contributed by atoms with Crippen molar-refractivity contribution in [2.75, 3.05) is 31.3 Å². The Kier molecular flexibility index (Phi) is 4.34. The predicted octanol–water partition coefficient (Wildman–Crippen LogP) is 0.0325. The Morgan fingerprint density at radius 2 is 2.29 bits per heavy atom. The van der Waals surface area contributed by atoms with Crippen LogP contribution in [-0.4, -0.2) is 39.7 Å². The van der Waals surface area contributed by atoms with E-state index in [1.807, 2.05) is 6.92 Å². The summed E-state index contributed by atoms with van der Waals surface area (Å²) in [4.78, 5) is 0. The maximum Gasteiger partial charge on any atom is 0.150 e. The standard InChI is InChI=1S/C9H19NO3S/c1-8(4-10)6-14(11,12)7-9-2-3-13-5-9/h8-9H,2-7,10H2,1H3. The number of ether oxygens (including phenoxy) is 1. The van der Waals surface area contributed by atoms with Crippen molar-refractivity contribution in [1.82, 2.24) is 0 Å². The second-order valence-corrected chi connectivity index (χ2v) is 6.30. The lowest BCUT2D eigenvalue weighted by molar-refractivity contribution is 0.188. The summed E-state index contributed by atoms with van der Waals surface area (Å²) >= 11 is 0. The molecule has 0 saturated carbocycles. The molecule has 1 saturated heterocycles. The molecule has 1 heterocycles. The van der Waals surface area contributed by atoms with Gasteiger partial charge in [0.25, 0.3) is 0 Å². The van der Waals surface area contributed by atoms with Crippen molar-refractivity contribution >= 4 is 9.84 Å². The Hall–Kier alpha value is -0.130. The quantitative estimate of drug-likeness (QED) is 0.711. The number of sulfone groups is 1. The molecule has 2 unspecified atom stereocenters. The Morgan fingerprint density at radius 3 is 2.79 bits per heavy atom. The highest BCUT2D eigenvalue weighted by molar-refractivity contribution is 7.91. The summed E-state index contributed by atoms with van der Waals surface area (Å²) in [7, 11) is -2.94. The molecule has 5 heteroatoms. The monoisotopic (exact) mass is 221 g/mol. The van der Waals surface area contributed by atoms with Crippen molar-refractivity contribution in [3.63, 3.8) is 0 Å². The van der Waals surface area contributed by atoms with Gasteiger partial charge in [-0.15, -0.1) is 0 Å². The van der Waals surface area contributed by atoms with Crippen LogP contribution in [0.3, 0.4) is 0 Å². The van der Waals surface area contributed by atoms with E-state index in [1.165, 1.54) is 0 Å². The average Bonchev–Trinajstić information content (AvgIpc) is 2.54. The molecular formula is C9H19NO3S. The summed E-state index contributed by atoms with van der Waals surface area (Å²) in [5.74, 6) is 0.726. The first-order valence-electron chi connectivity index (χ1n) is 5.01. The summed E-state index contributed by atoms with van der Waals surface area (Å²) in [6, 6.07) is 0. The van der Waals surface area contributed by atoms with Gasteiger partial charge in [0.15, 0.2) is 9.84 Å². The molecular weight excluding hydrogens is 202 g/mol. The van der Waals surface area contributed by atoms with E-state index in [-0.39, 0.29) is 23.3 Å². The summed E-state index contributed by atoms with van der Waals surface area (Å²) in [6.07, 6.45) is 0.871. The maximum absolute atomic E-state index is 11.6. The summed E-state index contributed by atoms with van der Waals surface area (Å²) in [5.41, 5.74) is 5.40. The van der Waals surface area contributed by atoms with Gasteiger partial charge >= 0.3 is 0 Å². The van der Waals surface area contributed by atoms with Crippen LogP contribution in [0.4, 0.5) is 0 Å². The highest BCUT2D eigenvalue weighted by Gasteiger charge is 2.24. The smallest absolute Gasteiger partial charge is 0.150 e. The fourth-order valence-electron chi connectivity index (χ4n) is 1.64. The van der Waals surface area contributed by atoms with Crippen molar-refractivity contribution in [3.05, 3.63) is 0 Å². The minimum absolute atomic E-state index is 0.0577. The Balaban J connectivity index is 2.40. The SMILES string of the molecule is CC(CN)CS(=O)(=O)CC1CCOC1. The van der Waals surface area contributed by atoms with E-state index >= 15 is 0 Å². The minimum atomic E-state index is -2.94. The number of rotatable bonds is 5. The molecule has 0 aliphatic carbocycles. The molecule has 1 rings (SSSR count). The number of hydrogen-bond acceptors (Lipinski definition) is 4. The third-order valence-corrected chi connectivity index (χ3v) is 4.51. The summed E-state index contributed by atoms with van der Waals surface area (Å²) < 4.78 is 28.4. The van der Waals surface area contributed by atoms with Crippen LogP contribution in [0.2, 0.25) is 0 Å². The van der Waals surface area contributed by atoms with E-state index in [2.05, 4.69) is 0 Å². The number of hydrogen-bond donors (Lipinski definition) is 1. The zero-order valence-electron chi connectivity index (χ0n) is 8.61. The normalized spacial score (nSPS) is 25.1. The molecule has 2 atom stereocenters. The van der Waals surface area contributed by atoms with Gasteiger partial charge in [0, 0.05) is 6.61 Å². The van der Waals surface area contributed by atoms with Gasteiger partial charge in [0.05, 0.1) is 18.1 Å². The first kappa shape index (κ1) is 11.9. The van der Waals surface area contributed by atoms with Crippen molar-refractivity contribution < 1.29 is 13.2 Å². The predicted molar refractivity (Wildman–Crippen MR) is 55.8 cm³/mol. The van der Waals surface area contributed by atoms with Crippen LogP contribution in [0.5, 0.6) is 0 Å². The fourth-order valence-corrected chi connectivity index (χ4v) is 3.76. The molecule has 0 amide bonds. The van der Waals surface area contributed by atoms with Crippen molar-refractivity contribution in [3.8, 4) is 0 Å². The minimum Gasteiger partial charge on any atom is -0.381 e. The first-order chi connectivity index (χ1) is 6.53. The Labute approximate surface area is 85.7 Å². The van der Waals surface area contributed by atoms with Gasteiger partial charge in [-0.05, 0) is 24.8 Å². The zero-order chi connectivity index (χ0) is 10.6. The molecule has 0 aromatic carbocycles. The van der Waals surface area contributed by atoms with Crippen LogP contribution in [0.25, 0.3) is 0 Å². The van der Waals surface area contributed by atoms with Crippen LogP contribution >= 0.6 is 0 Å². The van der Waals surface area contributed by atoms with E-state index in [4.69, 9.17) is 10.5 Å². The van der Waals surface area contributed by atoms with Crippen LogP contribution in [-0.2, 0) is 14.6 Å². The molecule has 0 spiro atoms. The lowest BCUT2D eigenvalue weighted by atomic mass is 10.2. The molecule has 2 N–H and O–H groups in total. The second-order valence-electron chi connectivity index (χ2n) is 4.15. The molecule has 4 nitrogen and oxygen atoms in total. The maximum atomic E-state index is 11.6. The van der Waals surface area contributed by atoms with Gasteiger partial charge in [-0.3, -0.25) is 0 Å². The van der Waals surface area contributed by atoms with Gasteiger partial charge < -0.3 is 10.5 Å². The molecule has 1 aliphatic heterocycles. The second kappa shape index (κ2) is 5.09. The van der Waals surface area contributed by atoms with Crippen LogP contribution in [0.15, 0.2) is 0 Å². The zero-order valence-corrected chi connectivity index (χ0v) is 9.42. The van der Waals surface area contributed by atoms with Crippen LogP contribution < -0.4 is 5.73 Å². The molecule has 14 heavy (non-hydrogen) atoms. The highest BCUT2D eigenvalue weighted by Crippen LogP contribution is 2.16. The lowest BCUT2D eigenvalue weighted by Gasteiger charge is -2.12. The van der Waals surface area contributed by atoms with E-state index in [0.29, 0.717) is 19.8 Å². The van der Waals surface area contributed by atoms with Crippen LogP contribution in [0.1, 0.15) is 13.3 Å². The molecule has 1 aliphatic rings. The van der Waals surface area contributed by atoms with Crippen molar-refractivity contribution in [1.29, 1.82) is 0 Å². The third-order valence-electron chi connectivity index (χ3n) is 2.45. The Morgan fingerprint density at radius 1 is 1.57 bits per heavy atom. The highest BCUT2D eigenvalue weighted by atomic mass is 32.2. The molecule has 84 valence electrons. The van der Waals surface area contributed by atoms with Gasteiger partial charge in [-0.25, -0.2) is 8.42 Å². The van der Waals surface area contributed by atoms with Crippen LogP contribution in [0, 0.1) is 11.8 Å². The van der Waals surface area contributed by atoms with Gasteiger partial charge in [0.2, 0.25) is 0 Å². The number of nitrogens with two attached hydrogens (primary N) is 1.